The standard InChI is InChI=1S/C13H12Cl2N6O/c1-7(2)22-12-4-9(14)11(3-10(12)15)17-6-8(5-16)13-18-20-21-19-13/h3-4,6-7,17H,1-2H3,(H,18,19,20,21). The van der Waals surface area contributed by atoms with Crippen LogP contribution in [0.1, 0.15) is 19.7 Å². The Labute approximate surface area is 136 Å². The van der Waals surface area contributed by atoms with Crippen molar-refractivity contribution in [2.75, 3.05) is 5.32 Å². The number of aromatic amines is 1. The number of allylic oxidation sites excluding steroid dienone is 1. The van der Waals surface area contributed by atoms with Crippen LogP contribution in [-0.2, 0) is 0 Å². The molecule has 0 fully saturated rings. The fraction of sp³-hybridized carbons (Fsp3) is 0.231. The highest BCUT2D eigenvalue weighted by atomic mass is 35.5. The van der Waals surface area contributed by atoms with Crippen LogP contribution >= 0.6 is 23.2 Å². The van der Waals surface area contributed by atoms with Gasteiger partial charge >= 0.3 is 0 Å². The first-order valence-electron chi connectivity index (χ1n) is 6.27. The maximum Gasteiger partial charge on any atom is 0.216 e. The number of H-pyrrole nitrogens is 1. The number of nitrogens with one attached hydrogen (secondary N) is 2. The van der Waals surface area contributed by atoms with E-state index in [4.69, 9.17) is 33.2 Å². The predicted octanol–water partition coefficient (Wildman–Crippen LogP) is 3.27. The largest absolute Gasteiger partial charge is 0.489 e. The molecule has 1 aromatic carbocycles. The third-order valence-corrected chi connectivity index (χ3v) is 3.07. The number of halogens is 2. The number of tetrazole rings is 1. The van der Waals surface area contributed by atoms with Crippen LogP contribution in [0.2, 0.25) is 10.0 Å². The van der Waals surface area contributed by atoms with Crippen LogP contribution in [0.3, 0.4) is 0 Å². The molecule has 1 aromatic heterocycles. The van der Waals surface area contributed by atoms with Gasteiger partial charge in [-0.25, -0.2) is 0 Å². The molecule has 0 saturated carbocycles. The quantitative estimate of drug-likeness (QED) is 0.811. The van der Waals surface area contributed by atoms with Gasteiger partial charge in [-0.05, 0) is 25.1 Å². The Kier molecular flexibility index (Phi) is 5.20. The lowest BCUT2D eigenvalue weighted by Gasteiger charge is -2.13. The van der Waals surface area contributed by atoms with Crippen LogP contribution in [0.25, 0.3) is 5.57 Å². The summed E-state index contributed by atoms with van der Waals surface area (Å²) in [6.45, 7) is 3.78. The van der Waals surface area contributed by atoms with Gasteiger partial charge in [-0.1, -0.05) is 23.2 Å². The topological polar surface area (TPSA) is 99.5 Å². The second kappa shape index (κ2) is 7.11. The molecule has 7 nitrogen and oxygen atoms in total. The summed E-state index contributed by atoms with van der Waals surface area (Å²) in [7, 11) is 0. The first-order chi connectivity index (χ1) is 10.5. The third kappa shape index (κ3) is 3.87. The van der Waals surface area contributed by atoms with E-state index in [1.165, 1.54) is 6.20 Å². The highest BCUT2D eigenvalue weighted by Gasteiger charge is 2.10. The van der Waals surface area contributed by atoms with Crippen molar-refractivity contribution in [3.05, 3.63) is 34.2 Å². The molecule has 114 valence electrons. The summed E-state index contributed by atoms with van der Waals surface area (Å²) < 4.78 is 5.54. The van der Waals surface area contributed by atoms with Crippen LogP contribution < -0.4 is 10.1 Å². The molecule has 0 unspecified atom stereocenters. The number of hydrogen-bond acceptors (Lipinski definition) is 6. The number of nitrogens with zero attached hydrogens (tertiary/aromatic N) is 4. The number of benzene rings is 1. The van der Waals surface area contributed by atoms with Crippen molar-refractivity contribution >= 4 is 34.5 Å². The van der Waals surface area contributed by atoms with Gasteiger partial charge in [-0.15, -0.1) is 10.2 Å². The van der Waals surface area contributed by atoms with Crippen molar-refractivity contribution < 1.29 is 4.74 Å². The highest BCUT2D eigenvalue weighted by molar-refractivity contribution is 6.36. The Bertz CT molecular complexity index is 721. The zero-order valence-electron chi connectivity index (χ0n) is 11.8. The van der Waals surface area contributed by atoms with E-state index < -0.39 is 0 Å². The molecule has 2 N–H and O–H groups in total. The highest BCUT2D eigenvalue weighted by Crippen LogP contribution is 2.35. The normalized spacial score (nSPS) is 11.4. The smallest absolute Gasteiger partial charge is 0.216 e. The average Bonchev–Trinajstić information content (AvgIpc) is 2.98. The van der Waals surface area contributed by atoms with Crippen molar-refractivity contribution in [1.29, 1.82) is 5.26 Å². The van der Waals surface area contributed by atoms with Gasteiger partial charge in [0, 0.05) is 12.3 Å². The fourth-order valence-corrected chi connectivity index (χ4v) is 1.97. The van der Waals surface area contributed by atoms with E-state index in [0.29, 0.717) is 21.5 Å². The van der Waals surface area contributed by atoms with Crippen LogP contribution in [0.4, 0.5) is 5.69 Å². The number of nitriles is 1. The Morgan fingerprint density at radius 2 is 2.18 bits per heavy atom. The van der Waals surface area contributed by atoms with E-state index >= 15 is 0 Å². The van der Waals surface area contributed by atoms with E-state index in [2.05, 4.69) is 25.9 Å². The van der Waals surface area contributed by atoms with Gasteiger partial charge < -0.3 is 10.1 Å². The fourth-order valence-electron chi connectivity index (χ4n) is 1.56. The van der Waals surface area contributed by atoms with Gasteiger partial charge in [0.05, 0.1) is 21.8 Å². The zero-order chi connectivity index (χ0) is 16.1. The lowest BCUT2D eigenvalue weighted by atomic mass is 10.2. The van der Waals surface area contributed by atoms with Crippen LogP contribution in [0.15, 0.2) is 18.3 Å². The SMILES string of the molecule is CC(C)Oc1cc(Cl)c(NC=C(C#N)c2nn[nH]n2)cc1Cl. The molecule has 0 bridgehead atoms. The van der Waals surface area contributed by atoms with Gasteiger partial charge in [0.2, 0.25) is 5.82 Å². The summed E-state index contributed by atoms with van der Waals surface area (Å²) >= 11 is 12.3. The van der Waals surface area contributed by atoms with Gasteiger partial charge in [0.1, 0.15) is 17.4 Å². The van der Waals surface area contributed by atoms with E-state index in [1.807, 2.05) is 19.9 Å². The summed E-state index contributed by atoms with van der Waals surface area (Å²) in [5, 5.41) is 25.9. The van der Waals surface area contributed by atoms with Crippen molar-refractivity contribution in [3.63, 3.8) is 0 Å². The molecule has 9 heteroatoms. The molecule has 0 saturated heterocycles. The monoisotopic (exact) mass is 338 g/mol. The van der Waals surface area contributed by atoms with Gasteiger partial charge in [0.15, 0.2) is 0 Å². The van der Waals surface area contributed by atoms with Gasteiger partial charge in [-0.2, -0.15) is 10.5 Å². The van der Waals surface area contributed by atoms with Crippen molar-refractivity contribution in [2.24, 2.45) is 0 Å². The number of aromatic nitrogens is 4. The molecule has 0 spiro atoms. The Hall–Kier alpha value is -2.30. The molecule has 0 radical (unpaired) electrons. The Morgan fingerprint density at radius 1 is 1.41 bits per heavy atom. The molecule has 0 amide bonds. The molecule has 0 aliphatic rings. The summed E-state index contributed by atoms with van der Waals surface area (Å²) in [6, 6.07) is 5.19. The zero-order valence-corrected chi connectivity index (χ0v) is 13.3. The third-order valence-electron chi connectivity index (χ3n) is 2.46. The van der Waals surface area contributed by atoms with E-state index in [0.717, 1.165) is 0 Å². The van der Waals surface area contributed by atoms with E-state index in [-0.39, 0.29) is 17.5 Å². The second-order valence-electron chi connectivity index (χ2n) is 4.48. The van der Waals surface area contributed by atoms with Crippen LogP contribution in [-0.4, -0.2) is 26.7 Å². The molecule has 2 rings (SSSR count). The van der Waals surface area contributed by atoms with Crippen molar-refractivity contribution in [3.8, 4) is 11.8 Å². The molecule has 22 heavy (non-hydrogen) atoms. The summed E-state index contributed by atoms with van der Waals surface area (Å²) in [5.41, 5.74) is 0.725. The minimum Gasteiger partial charge on any atom is -0.489 e. The minimum absolute atomic E-state index is 0.0179. The Balaban J connectivity index is 2.23. The van der Waals surface area contributed by atoms with E-state index in [9.17, 15) is 0 Å². The maximum absolute atomic E-state index is 9.08. The van der Waals surface area contributed by atoms with E-state index in [1.54, 1.807) is 12.1 Å². The molecular weight excluding hydrogens is 327 g/mol. The lowest BCUT2D eigenvalue weighted by Crippen LogP contribution is -2.06. The molecule has 1 heterocycles. The first-order valence-corrected chi connectivity index (χ1v) is 7.03. The molecule has 0 aliphatic heterocycles. The molecular formula is C13H12Cl2N6O. The maximum atomic E-state index is 9.08. The van der Waals surface area contributed by atoms with Crippen LogP contribution in [0, 0.1) is 11.3 Å². The second-order valence-corrected chi connectivity index (χ2v) is 5.29. The number of hydrogen-bond donors (Lipinski definition) is 2. The molecule has 0 aliphatic carbocycles. The van der Waals surface area contributed by atoms with Crippen molar-refractivity contribution in [2.45, 2.75) is 20.0 Å². The predicted molar refractivity (Wildman–Crippen MR) is 83.6 cm³/mol. The molecule has 2 aromatic rings. The average molecular weight is 339 g/mol. The van der Waals surface area contributed by atoms with Gasteiger partial charge in [-0.3, -0.25) is 0 Å². The Morgan fingerprint density at radius 3 is 2.77 bits per heavy atom. The van der Waals surface area contributed by atoms with Crippen molar-refractivity contribution in [1.82, 2.24) is 20.6 Å². The van der Waals surface area contributed by atoms with Crippen LogP contribution in [0.5, 0.6) is 5.75 Å². The summed E-state index contributed by atoms with van der Waals surface area (Å²) in [4.78, 5) is 0. The van der Waals surface area contributed by atoms with Gasteiger partial charge in [0.25, 0.3) is 0 Å². The minimum atomic E-state index is -0.0179. The summed E-state index contributed by atoms with van der Waals surface area (Å²) in [6.07, 6.45) is 1.40. The number of ether oxygens (including phenoxy) is 1. The summed E-state index contributed by atoms with van der Waals surface area (Å²) in [5.74, 6) is 0.673. The first kappa shape index (κ1) is 16.1. The molecule has 0 atom stereocenters. The lowest BCUT2D eigenvalue weighted by molar-refractivity contribution is 0.242. The number of rotatable bonds is 5. The number of anilines is 1.